The Morgan fingerprint density at radius 3 is 2.29 bits per heavy atom. The molecular weight excluding hydrogens is 224 g/mol. The Bertz CT molecular complexity index is 581. The molecule has 2 rings (SSSR count). The highest BCUT2D eigenvalue weighted by Gasteiger charge is 2.11. The molecule has 0 saturated heterocycles. The summed E-state index contributed by atoms with van der Waals surface area (Å²) in [6.07, 6.45) is 0. The van der Waals surface area contributed by atoms with Gasteiger partial charge in [-0.25, -0.2) is 8.78 Å². The molecule has 0 spiro atoms. The lowest BCUT2D eigenvalue weighted by molar-refractivity contribution is 0.0996. The zero-order chi connectivity index (χ0) is 12.4. The van der Waals surface area contributed by atoms with Crippen molar-refractivity contribution in [2.24, 2.45) is 5.73 Å². The van der Waals surface area contributed by atoms with Crippen LogP contribution in [0.1, 0.15) is 10.4 Å². The molecule has 0 aliphatic rings. The topological polar surface area (TPSA) is 43.1 Å². The van der Waals surface area contributed by atoms with Gasteiger partial charge in [0.25, 0.3) is 5.91 Å². The van der Waals surface area contributed by atoms with E-state index in [4.69, 9.17) is 5.73 Å². The summed E-state index contributed by atoms with van der Waals surface area (Å²) in [5.41, 5.74) is 5.42. The Kier molecular flexibility index (Phi) is 2.87. The molecule has 17 heavy (non-hydrogen) atoms. The highest BCUT2D eigenvalue weighted by molar-refractivity contribution is 5.93. The first-order chi connectivity index (χ1) is 8.09. The first kappa shape index (κ1) is 11.3. The van der Waals surface area contributed by atoms with Gasteiger partial charge in [-0.2, -0.15) is 0 Å². The summed E-state index contributed by atoms with van der Waals surface area (Å²) in [6.45, 7) is 0. The van der Waals surface area contributed by atoms with E-state index >= 15 is 0 Å². The summed E-state index contributed by atoms with van der Waals surface area (Å²) in [5.74, 6) is -2.04. The lowest BCUT2D eigenvalue weighted by Gasteiger charge is -2.05. The molecule has 2 aromatic carbocycles. The van der Waals surface area contributed by atoms with Gasteiger partial charge in [0.1, 0.15) is 11.6 Å². The third-order valence-electron chi connectivity index (χ3n) is 2.42. The lowest BCUT2D eigenvalue weighted by Crippen LogP contribution is -2.12. The standard InChI is InChI=1S/C13H9F2NO/c14-11-4-2-1-3-9(11)8-5-6-10(13(16)17)12(15)7-8/h1-7H,(H2,16,17). The Balaban J connectivity index is 2.52. The van der Waals surface area contributed by atoms with Crippen LogP contribution in [0.5, 0.6) is 0 Å². The summed E-state index contributed by atoms with van der Waals surface area (Å²) < 4.78 is 26.9. The summed E-state index contributed by atoms with van der Waals surface area (Å²) in [4.78, 5) is 10.8. The molecular formula is C13H9F2NO. The van der Waals surface area contributed by atoms with Crippen LogP contribution in [-0.4, -0.2) is 5.91 Å². The van der Waals surface area contributed by atoms with Gasteiger partial charge in [0.05, 0.1) is 5.56 Å². The van der Waals surface area contributed by atoms with E-state index in [0.717, 1.165) is 6.07 Å². The molecule has 0 heterocycles. The fourth-order valence-electron chi connectivity index (χ4n) is 1.58. The van der Waals surface area contributed by atoms with Crippen molar-refractivity contribution in [2.75, 3.05) is 0 Å². The Morgan fingerprint density at radius 1 is 1.00 bits per heavy atom. The fraction of sp³-hybridized carbons (Fsp3) is 0. The Morgan fingerprint density at radius 2 is 1.71 bits per heavy atom. The maximum absolute atomic E-state index is 13.5. The maximum atomic E-state index is 13.5. The molecule has 0 unspecified atom stereocenters. The van der Waals surface area contributed by atoms with Crippen LogP contribution < -0.4 is 5.73 Å². The van der Waals surface area contributed by atoms with Gasteiger partial charge in [-0.1, -0.05) is 24.3 Å². The predicted molar refractivity (Wildman–Crippen MR) is 60.3 cm³/mol. The highest BCUT2D eigenvalue weighted by Crippen LogP contribution is 2.24. The van der Waals surface area contributed by atoms with E-state index in [2.05, 4.69) is 0 Å². The number of nitrogens with two attached hydrogens (primary N) is 1. The van der Waals surface area contributed by atoms with Crippen LogP contribution in [0.25, 0.3) is 11.1 Å². The average Bonchev–Trinajstić information content (AvgIpc) is 2.29. The minimum atomic E-state index is -0.845. The van der Waals surface area contributed by atoms with Crippen molar-refractivity contribution in [3.63, 3.8) is 0 Å². The molecule has 0 fully saturated rings. The molecule has 0 saturated carbocycles. The predicted octanol–water partition coefficient (Wildman–Crippen LogP) is 2.73. The first-order valence-corrected chi connectivity index (χ1v) is 4.94. The smallest absolute Gasteiger partial charge is 0.251 e. The van der Waals surface area contributed by atoms with Crippen molar-refractivity contribution in [1.29, 1.82) is 0 Å². The second-order valence-electron chi connectivity index (χ2n) is 3.54. The van der Waals surface area contributed by atoms with Crippen LogP contribution in [0.4, 0.5) is 8.78 Å². The Labute approximate surface area is 96.7 Å². The monoisotopic (exact) mass is 233 g/mol. The second-order valence-corrected chi connectivity index (χ2v) is 3.54. The quantitative estimate of drug-likeness (QED) is 0.851. The van der Waals surface area contributed by atoms with Crippen molar-refractivity contribution in [3.8, 4) is 11.1 Å². The van der Waals surface area contributed by atoms with Crippen LogP contribution in [0.3, 0.4) is 0 Å². The molecule has 1 amide bonds. The normalized spacial score (nSPS) is 10.2. The van der Waals surface area contributed by atoms with Crippen molar-refractivity contribution in [1.82, 2.24) is 0 Å². The number of amides is 1. The van der Waals surface area contributed by atoms with Crippen molar-refractivity contribution in [3.05, 3.63) is 59.7 Å². The largest absolute Gasteiger partial charge is 0.366 e. The van der Waals surface area contributed by atoms with E-state index in [0.29, 0.717) is 5.56 Å². The summed E-state index contributed by atoms with van der Waals surface area (Å²) >= 11 is 0. The molecule has 0 aromatic heterocycles. The maximum Gasteiger partial charge on any atom is 0.251 e. The van der Waals surface area contributed by atoms with Gasteiger partial charge in [0, 0.05) is 5.56 Å². The molecule has 2 nitrogen and oxygen atoms in total. The van der Waals surface area contributed by atoms with Gasteiger partial charge in [0.2, 0.25) is 0 Å². The van der Waals surface area contributed by atoms with Crippen LogP contribution in [0.2, 0.25) is 0 Å². The van der Waals surface area contributed by atoms with Crippen LogP contribution in [-0.2, 0) is 0 Å². The number of carbonyl (C=O) groups excluding carboxylic acids is 1. The summed E-state index contributed by atoms with van der Waals surface area (Å²) in [5, 5.41) is 0. The number of hydrogen-bond acceptors (Lipinski definition) is 1. The minimum Gasteiger partial charge on any atom is -0.366 e. The first-order valence-electron chi connectivity index (χ1n) is 4.94. The second kappa shape index (κ2) is 4.33. The van der Waals surface area contributed by atoms with E-state index in [-0.39, 0.29) is 11.1 Å². The van der Waals surface area contributed by atoms with Crippen LogP contribution in [0, 0.1) is 11.6 Å². The molecule has 86 valence electrons. The van der Waals surface area contributed by atoms with E-state index in [1.54, 1.807) is 12.1 Å². The lowest BCUT2D eigenvalue weighted by atomic mass is 10.0. The zero-order valence-electron chi connectivity index (χ0n) is 8.78. The number of benzene rings is 2. The van der Waals surface area contributed by atoms with Crippen molar-refractivity contribution < 1.29 is 13.6 Å². The molecule has 0 atom stereocenters. The van der Waals surface area contributed by atoms with Gasteiger partial charge in [-0.15, -0.1) is 0 Å². The Hall–Kier alpha value is -2.23. The zero-order valence-corrected chi connectivity index (χ0v) is 8.78. The average molecular weight is 233 g/mol. The number of halogens is 2. The van der Waals surface area contributed by atoms with Gasteiger partial charge >= 0.3 is 0 Å². The van der Waals surface area contributed by atoms with E-state index < -0.39 is 17.5 Å². The number of hydrogen-bond donors (Lipinski definition) is 1. The number of primary amides is 1. The van der Waals surface area contributed by atoms with Crippen LogP contribution in [0.15, 0.2) is 42.5 Å². The van der Waals surface area contributed by atoms with E-state index in [1.807, 2.05) is 0 Å². The third-order valence-corrected chi connectivity index (χ3v) is 2.42. The summed E-state index contributed by atoms with van der Waals surface area (Å²) in [7, 11) is 0. The number of rotatable bonds is 2. The third kappa shape index (κ3) is 2.15. The van der Waals surface area contributed by atoms with Gasteiger partial charge in [0.15, 0.2) is 0 Å². The van der Waals surface area contributed by atoms with E-state index in [1.165, 1.54) is 24.3 Å². The molecule has 4 heteroatoms. The minimum absolute atomic E-state index is 0.204. The van der Waals surface area contributed by atoms with Crippen molar-refractivity contribution >= 4 is 5.91 Å². The van der Waals surface area contributed by atoms with Crippen LogP contribution >= 0.6 is 0 Å². The molecule has 0 radical (unpaired) electrons. The highest BCUT2D eigenvalue weighted by atomic mass is 19.1. The summed E-state index contributed by atoms with van der Waals surface area (Å²) in [6, 6.07) is 9.83. The van der Waals surface area contributed by atoms with Gasteiger partial charge < -0.3 is 5.73 Å². The molecule has 2 N–H and O–H groups in total. The van der Waals surface area contributed by atoms with Gasteiger partial charge in [-0.05, 0) is 23.8 Å². The fourth-order valence-corrected chi connectivity index (χ4v) is 1.58. The molecule has 0 aliphatic heterocycles. The van der Waals surface area contributed by atoms with Crippen molar-refractivity contribution in [2.45, 2.75) is 0 Å². The van der Waals surface area contributed by atoms with E-state index in [9.17, 15) is 13.6 Å². The molecule has 0 aliphatic carbocycles. The SMILES string of the molecule is NC(=O)c1ccc(-c2ccccc2F)cc1F. The van der Waals surface area contributed by atoms with Gasteiger partial charge in [-0.3, -0.25) is 4.79 Å². The number of carbonyl (C=O) groups is 1. The molecule has 2 aromatic rings. The molecule has 0 bridgehead atoms.